The van der Waals surface area contributed by atoms with Gasteiger partial charge in [-0.25, -0.2) is 0 Å². The van der Waals surface area contributed by atoms with Gasteiger partial charge in [0.1, 0.15) is 11.6 Å². The van der Waals surface area contributed by atoms with Gasteiger partial charge in [-0.1, -0.05) is 11.6 Å². The number of nitrogens with two attached hydrogens (primary N) is 2. The lowest BCUT2D eigenvalue weighted by molar-refractivity contribution is 0.0934. The molecule has 1 amide bonds. The van der Waals surface area contributed by atoms with Crippen LogP contribution in [-0.4, -0.2) is 34.2 Å². The minimum absolute atomic E-state index is 0.124. The Morgan fingerprint density at radius 3 is 2.96 bits per heavy atom. The molecule has 1 aromatic heterocycles. The van der Waals surface area contributed by atoms with E-state index >= 15 is 0 Å². The second-order valence-corrected chi connectivity index (χ2v) is 5.34. The van der Waals surface area contributed by atoms with Crippen LogP contribution >= 0.6 is 11.6 Å². The van der Waals surface area contributed by atoms with E-state index in [0.717, 1.165) is 0 Å². The Kier molecular flexibility index (Phi) is 5.78. The molecule has 0 unspecified atom stereocenters. The highest BCUT2D eigenvalue weighted by Gasteiger charge is 2.18. The fraction of sp³-hybridized carbons (Fsp3) is 0.357. The number of nitrogen functional groups attached to an aromatic ring is 1. The molecule has 6 N–H and O–H groups in total. The van der Waals surface area contributed by atoms with Crippen LogP contribution in [0.4, 0.5) is 5.95 Å². The summed E-state index contributed by atoms with van der Waals surface area (Å²) in [7, 11) is 0. The van der Waals surface area contributed by atoms with Crippen LogP contribution in [0.2, 0.25) is 5.02 Å². The summed E-state index contributed by atoms with van der Waals surface area (Å²) in [4.78, 5) is 16.4. The van der Waals surface area contributed by atoms with E-state index in [1.807, 2.05) is 0 Å². The summed E-state index contributed by atoms with van der Waals surface area (Å²) in [6.45, 7) is 2.68. The number of nitrogens with zero attached hydrogens (tertiary/aromatic N) is 2. The van der Waals surface area contributed by atoms with Gasteiger partial charge in [0.2, 0.25) is 5.95 Å². The number of carbonyl (C=O) groups excluding carboxylic acids is 1. The zero-order valence-corrected chi connectivity index (χ0v) is 13.4. The smallest absolute Gasteiger partial charge is 0.255 e. The van der Waals surface area contributed by atoms with Crippen molar-refractivity contribution in [1.82, 2.24) is 20.5 Å². The number of aromatic nitrogens is 3. The van der Waals surface area contributed by atoms with Crippen LogP contribution in [0.1, 0.15) is 35.6 Å². The second kappa shape index (κ2) is 7.80. The van der Waals surface area contributed by atoms with Gasteiger partial charge >= 0.3 is 0 Å². The number of carbonyl (C=O) groups is 1. The summed E-state index contributed by atoms with van der Waals surface area (Å²) >= 11 is 5.97. The molecule has 124 valence electrons. The van der Waals surface area contributed by atoms with Gasteiger partial charge in [-0.05, 0) is 38.1 Å². The van der Waals surface area contributed by atoms with E-state index in [2.05, 4.69) is 20.5 Å². The van der Waals surface area contributed by atoms with E-state index in [9.17, 15) is 4.79 Å². The quantitative estimate of drug-likeness (QED) is 0.562. The first-order valence-corrected chi connectivity index (χ1v) is 7.50. The minimum atomic E-state index is -0.389. The molecule has 1 aromatic carbocycles. The fourth-order valence-electron chi connectivity index (χ4n) is 1.89. The van der Waals surface area contributed by atoms with Gasteiger partial charge in [0.05, 0.1) is 18.2 Å². The van der Waals surface area contributed by atoms with Gasteiger partial charge in [0, 0.05) is 5.02 Å². The van der Waals surface area contributed by atoms with Crippen LogP contribution in [-0.2, 0) is 0 Å². The zero-order chi connectivity index (χ0) is 16.8. The lowest BCUT2D eigenvalue weighted by Gasteiger charge is -2.14. The monoisotopic (exact) mass is 338 g/mol. The molecule has 0 aliphatic carbocycles. The molecule has 23 heavy (non-hydrogen) atoms. The normalized spacial score (nSPS) is 12.0. The van der Waals surface area contributed by atoms with Crippen LogP contribution in [0.5, 0.6) is 5.75 Å². The standard InChI is InChI=1S/C14H19ClN6O2/c1-8(12-19-14(17)21-20-12)18-13(22)10-4-3-9(15)7-11(10)23-6-2-5-16/h3-4,7-8H,2,5-6,16H2,1H3,(H,18,22)(H3,17,19,20,21)/t8-/m1/s1. The van der Waals surface area contributed by atoms with Crippen LogP contribution in [0, 0.1) is 0 Å². The van der Waals surface area contributed by atoms with E-state index in [1.54, 1.807) is 25.1 Å². The molecule has 0 fully saturated rings. The van der Waals surface area contributed by atoms with E-state index in [-0.39, 0.29) is 17.9 Å². The molecule has 0 saturated carbocycles. The molecule has 8 nitrogen and oxygen atoms in total. The van der Waals surface area contributed by atoms with Crippen LogP contribution < -0.4 is 21.5 Å². The first-order chi connectivity index (χ1) is 11.0. The Morgan fingerprint density at radius 2 is 2.30 bits per heavy atom. The number of benzene rings is 1. The summed E-state index contributed by atoms with van der Waals surface area (Å²) in [6.07, 6.45) is 0.682. The number of hydrogen-bond acceptors (Lipinski definition) is 6. The zero-order valence-electron chi connectivity index (χ0n) is 12.7. The topological polar surface area (TPSA) is 132 Å². The average molecular weight is 339 g/mol. The molecule has 0 radical (unpaired) electrons. The molecule has 0 spiro atoms. The number of anilines is 1. The predicted octanol–water partition coefficient (Wildman–Crippen LogP) is 1.26. The molecule has 0 saturated heterocycles. The largest absolute Gasteiger partial charge is 0.493 e. The first kappa shape index (κ1) is 17.0. The molecule has 0 aliphatic heterocycles. The van der Waals surface area contributed by atoms with Crippen molar-refractivity contribution in [3.05, 3.63) is 34.6 Å². The Bertz CT molecular complexity index is 675. The molecule has 0 aliphatic rings. The van der Waals surface area contributed by atoms with Gasteiger partial charge in [-0.15, -0.1) is 5.10 Å². The van der Waals surface area contributed by atoms with Crippen LogP contribution in [0.15, 0.2) is 18.2 Å². The van der Waals surface area contributed by atoms with Crippen molar-refractivity contribution in [3.63, 3.8) is 0 Å². The number of amides is 1. The van der Waals surface area contributed by atoms with Crippen molar-refractivity contribution in [2.75, 3.05) is 18.9 Å². The predicted molar refractivity (Wildman–Crippen MR) is 87.3 cm³/mol. The Hall–Kier alpha value is -2.32. The highest BCUT2D eigenvalue weighted by Crippen LogP contribution is 2.24. The highest BCUT2D eigenvalue weighted by molar-refractivity contribution is 6.30. The lowest BCUT2D eigenvalue weighted by atomic mass is 10.1. The number of ether oxygens (including phenoxy) is 1. The van der Waals surface area contributed by atoms with Gasteiger partial charge in [-0.3, -0.25) is 9.89 Å². The summed E-state index contributed by atoms with van der Waals surface area (Å²) < 4.78 is 5.59. The minimum Gasteiger partial charge on any atom is -0.493 e. The van der Waals surface area contributed by atoms with E-state index < -0.39 is 0 Å². The van der Waals surface area contributed by atoms with Gasteiger partial charge in [0.25, 0.3) is 5.91 Å². The van der Waals surface area contributed by atoms with Crippen molar-refractivity contribution >= 4 is 23.5 Å². The highest BCUT2D eigenvalue weighted by atomic mass is 35.5. The van der Waals surface area contributed by atoms with Gasteiger partial charge in [0.15, 0.2) is 0 Å². The third-order valence-corrected chi connectivity index (χ3v) is 3.31. The maximum absolute atomic E-state index is 12.4. The van der Waals surface area contributed by atoms with Gasteiger partial charge in [-0.2, -0.15) is 4.98 Å². The first-order valence-electron chi connectivity index (χ1n) is 7.12. The summed E-state index contributed by atoms with van der Waals surface area (Å²) in [5.74, 6) is 0.688. The molecule has 1 atom stereocenters. The maximum atomic E-state index is 12.4. The molecular formula is C14H19ClN6O2. The SMILES string of the molecule is C[C@@H](NC(=O)c1ccc(Cl)cc1OCCCN)c1nc(N)n[nH]1. The molecule has 1 heterocycles. The number of hydrogen-bond donors (Lipinski definition) is 4. The number of aromatic amines is 1. The molecular weight excluding hydrogens is 320 g/mol. The Labute approximate surface area is 138 Å². The molecule has 9 heteroatoms. The van der Waals surface area contributed by atoms with Crippen LogP contribution in [0.25, 0.3) is 0 Å². The lowest BCUT2D eigenvalue weighted by Crippen LogP contribution is -2.28. The second-order valence-electron chi connectivity index (χ2n) is 4.91. The third-order valence-electron chi connectivity index (χ3n) is 3.07. The average Bonchev–Trinajstić information content (AvgIpc) is 2.94. The Morgan fingerprint density at radius 1 is 1.52 bits per heavy atom. The van der Waals surface area contributed by atoms with Crippen molar-refractivity contribution in [3.8, 4) is 5.75 Å². The van der Waals surface area contributed by atoms with Gasteiger partial charge < -0.3 is 21.5 Å². The summed E-state index contributed by atoms with van der Waals surface area (Å²) in [6, 6.07) is 4.45. The summed E-state index contributed by atoms with van der Waals surface area (Å²) in [5, 5.41) is 9.68. The number of nitrogens with one attached hydrogen (secondary N) is 2. The molecule has 0 bridgehead atoms. The fourth-order valence-corrected chi connectivity index (χ4v) is 2.06. The van der Waals surface area contributed by atoms with Crippen molar-refractivity contribution < 1.29 is 9.53 Å². The molecule has 2 rings (SSSR count). The molecule has 2 aromatic rings. The van der Waals surface area contributed by atoms with Crippen molar-refractivity contribution in [2.45, 2.75) is 19.4 Å². The van der Waals surface area contributed by atoms with Crippen LogP contribution in [0.3, 0.4) is 0 Å². The van der Waals surface area contributed by atoms with E-state index in [4.69, 9.17) is 27.8 Å². The van der Waals surface area contributed by atoms with Crippen molar-refractivity contribution in [2.24, 2.45) is 5.73 Å². The third kappa shape index (κ3) is 4.57. The number of rotatable bonds is 7. The number of halogens is 1. The Balaban J connectivity index is 2.11. The van der Waals surface area contributed by atoms with E-state index in [0.29, 0.717) is 41.7 Å². The summed E-state index contributed by atoms with van der Waals surface area (Å²) in [5.41, 5.74) is 11.3. The van der Waals surface area contributed by atoms with Crippen molar-refractivity contribution in [1.29, 1.82) is 0 Å². The van der Waals surface area contributed by atoms with E-state index in [1.165, 1.54) is 0 Å². The maximum Gasteiger partial charge on any atom is 0.255 e. The number of H-pyrrole nitrogens is 1.